The van der Waals surface area contributed by atoms with Crippen molar-refractivity contribution < 1.29 is 4.52 Å². The molecule has 0 bridgehead atoms. The lowest BCUT2D eigenvalue weighted by molar-refractivity contribution is 0.371. The van der Waals surface area contributed by atoms with E-state index in [0.29, 0.717) is 23.3 Å². The number of halogens is 1. The van der Waals surface area contributed by atoms with Gasteiger partial charge < -0.3 is 9.09 Å². The normalized spacial score (nSPS) is 10.7. The zero-order valence-corrected chi connectivity index (χ0v) is 10.1. The lowest BCUT2D eigenvalue weighted by Crippen LogP contribution is -1.96. The van der Waals surface area contributed by atoms with E-state index in [2.05, 4.69) is 15.1 Å². The van der Waals surface area contributed by atoms with E-state index in [1.54, 1.807) is 24.7 Å². The molecule has 6 heteroatoms. The lowest BCUT2D eigenvalue weighted by Gasteiger charge is -1.94. The molecule has 0 saturated heterocycles. The molecule has 0 aliphatic heterocycles. The Kier molecular flexibility index (Phi) is 2.82. The quantitative estimate of drug-likeness (QED) is 0.726. The predicted molar refractivity (Wildman–Crippen MR) is 66.1 cm³/mol. The number of nitrogens with zero attached hydrogens (tertiary/aromatic N) is 4. The van der Waals surface area contributed by atoms with Crippen molar-refractivity contribution in [2.75, 3.05) is 0 Å². The van der Waals surface area contributed by atoms with Crippen molar-refractivity contribution in [3.05, 3.63) is 53.9 Å². The molecule has 0 radical (unpaired) electrons. The van der Waals surface area contributed by atoms with E-state index in [1.807, 2.05) is 22.9 Å². The fraction of sp³-hybridized carbons (Fsp3) is 0.0833. The van der Waals surface area contributed by atoms with Crippen LogP contribution in [0.4, 0.5) is 0 Å². The average Bonchev–Trinajstić information content (AvgIpc) is 3.02. The fourth-order valence-electron chi connectivity index (χ4n) is 1.57. The SMILES string of the molecule is Clc1ccc(-c2noc(Cn3ccnc3)n2)cc1. The van der Waals surface area contributed by atoms with Crippen LogP contribution in [0, 0.1) is 0 Å². The van der Waals surface area contributed by atoms with Crippen molar-refractivity contribution in [3.63, 3.8) is 0 Å². The summed E-state index contributed by atoms with van der Waals surface area (Å²) >= 11 is 5.82. The summed E-state index contributed by atoms with van der Waals surface area (Å²) in [5, 5.41) is 4.62. The summed E-state index contributed by atoms with van der Waals surface area (Å²) in [5.74, 6) is 1.10. The topological polar surface area (TPSA) is 56.7 Å². The van der Waals surface area contributed by atoms with Gasteiger partial charge in [-0.1, -0.05) is 16.8 Å². The maximum absolute atomic E-state index is 5.82. The van der Waals surface area contributed by atoms with Gasteiger partial charge in [-0.05, 0) is 24.3 Å². The Balaban J connectivity index is 1.83. The molecule has 5 nitrogen and oxygen atoms in total. The van der Waals surface area contributed by atoms with Crippen LogP contribution in [-0.2, 0) is 6.54 Å². The molecule has 0 amide bonds. The van der Waals surface area contributed by atoms with Gasteiger partial charge in [-0.15, -0.1) is 0 Å². The van der Waals surface area contributed by atoms with Gasteiger partial charge in [0.1, 0.15) is 6.54 Å². The van der Waals surface area contributed by atoms with Crippen LogP contribution in [0.25, 0.3) is 11.4 Å². The first-order valence-corrected chi connectivity index (χ1v) is 5.73. The standard InChI is InChI=1S/C12H9ClN4O/c13-10-3-1-9(2-4-10)12-15-11(18-16-12)7-17-6-5-14-8-17/h1-6,8H,7H2. The van der Waals surface area contributed by atoms with E-state index in [0.717, 1.165) is 5.56 Å². The van der Waals surface area contributed by atoms with Crippen LogP contribution in [-0.4, -0.2) is 19.7 Å². The second-order valence-electron chi connectivity index (χ2n) is 3.75. The summed E-state index contributed by atoms with van der Waals surface area (Å²) in [6, 6.07) is 7.30. The average molecular weight is 261 g/mol. The van der Waals surface area contributed by atoms with Gasteiger partial charge in [0.2, 0.25) is 11.7 Å². The van der Waals surface area contributed by atoms with Crippen molar-refractivity contribution in [2.45, 2.75) is 6.54 Å². The van der Waals surface area contributed by atoms with Gasteiger partial charge in [-0.25, -0.2) is 4.98 Å². The number of imidazole rings is 1. The Morgan fingerprint density at radius 2 is 2.06 bits per heavy atom. The van der Waals surface area contributed by atoms with Crippen molar-refractivity contribution in [1.29, 1.82) is 0 Å². The lowest BCUT2D eigenvalue weighted by atomic mass is 10.2. The summed E-state index contributed by atoms with van der Waals surface area (Å²) < 4.78 is 7.04. The Hall–Kier alpha value is -2.14. The largest absolute Gasteiger partial charge is 0.337 e. The number of hydrogen-bond acceptors (Lipinski definition) is 4. The summed E-state index contributed by atoms with van der Waals surface area (Å²) in [6.45, 7) is 0.514. The summed E-state index contributed by atoms with van der Waals surface area (Å²) in [4.78, 5) is 8.27. The molecule has 18 heavy (non-hydrogen) atoms. The van der Waals surface area contributed by atoms with Crippen molar-refractivity contribution >= 4 is 11.6 Å². The van der Waals surface area contributed by atoms with Crippen LogP contribution in [0.5, 0.6) is 0 Å². The van der Waals surface area contributed by atoms with Gasteiger partial charge in [0.25, 0.3) is 0 Å². The maximum atomic E-state index is 5.82. The third-order valence-corrected chi connectivity index (χ3v) is 2.70. The van der Waals surface area contributed by atoms with Crippen molar-refractivity contribution in [1.82, 2.24) is 19.7 Å². The van der Waals surface area contributed by atoms with Crippen LogP contribution in [0.1, 0.15) is 5.89 Å². The highest BCUT2D eigenvalue weighted by atomic mass is 35.5. The Labute approximate surface area is 108 Å². The molecule has 0 atom stereocenters. The van der Waals surface area contributed by atoms with E-state index >= 15 is 0 Å². The molecule has 0 aliphatic rings. The molecule has 2 heterocycles. The molecule has 0 aliphatic carbocycles. The molecule has 0 saturated carbocycles. The van der Waals surface area contributed by atoms with Crippen LogP contribution < -0.4 is 0 Å². The zero-order valence-electron chi connectivity index (χ0n) is 9.32. The summed E-state index contributed by atoms with van der Waals surface area (Å²) in [5.41, 5.74) is 0.875. The van der Waals surface area contributed by atoms with Gasteiger partial charge in [0, 0.05) is 23.0 Å². The third-order valence-electron chi connectivity index (χ3n) is 2.45. The van der Waals surface area contributed by atoms with Gasteiger partial charge >= 0.3 is 0 Å². The number of benzene rings is 1. The molecule has 0 fully saturated rings. The minimum absolute atomic E-state index is 0.514. The third kappa shape index (κ3) is 2.26. The minimum Gasteiger partial charge on any atom is -0.337 e. The molecule has 1 aromatic carbocycles. The Morgan fingerprint density at radius 3 is 2.78 bits per heavy atom. The Bertz CT molecular complexity index is 630. The highest BCUT2D eigenvalue weighted by Gasteiger charge is 2.08. The smallest absolute Gasteiger partial charge is 0.246 e. The first-order valence-electron chi connectivity index (χ1n) is 5.35. The first-order chi connectivity index (χ1) is 8.81. The van der Waals surface area contributed by atoms with Crippen molar-refractivity contribution in [2.24, 2.45) is 0 Å². The zero-order chi connectivity index (χ0) is 12.4. The second-order valence-corrected chi connectivity index (χ2v) is 4.19. The number of rotatable bonds is 3. The van der Waals surface area contributed by atoms with Crippen LogP contribution in [0.3, 0.4) is 0 Å². The van der Waals surface area contributed by atoms with Crippen molar-refractivity contribution in [3.8, 4) is 11.4 Å². The summed E-state index contributed by atoms with van der Waals surface area (Å²) in [7, 11) is 0. The number of hydrogen-bond donors (Lipinski definition) is 0. The molecule has 90 valence electrons. The van der Waals surface area contributed by atoms with E-state index in [9.17, 15) is 0 Å². The highest BCUT2D eigenvalue weighted by molar-refractivity contribution is 6.30. The monoisotopic (exact) mass is 260 g/mol. The van der Waals surface area contributed by atoms with Gasteiger partial charge in [-0.2, -0.15) is 4.98 Å². The molecule has 3 aromatic rings. The molecule has 0 unspecified atom stereocenters. The second kappa shape index (κ2) is 4.62. The minimum atomic E-state index is 0.514. The van der Waals surface area contributed by atoms with Gasteiger partial charge in [0.05, 0.1) is 6.33 Å². The Morgan fingerprint density at radius 1 is 1.22 bits per heavy atom. The van der Waals surface area contributed by atoms with Gasteiger partial charge in [0.15, 0.2) is 0 Å². The molecule has 2 aromatic heterocycles. The maximum Gasteiger partial charge on any atom is 0.246 e. The molecular formula is C12H9ClN4O. The van der Waals surface area contributed by atoms with Crippen LogP contribution >= 0.6 is 11.6 Å². The van der Waals surface area contributed by atoms with Gasteiger partial charge in [-0.3, -0.25) is 0 Å². The van der Waals surface area contributed by atoms with E-state index < -0.39 is 0 Å². The molecule has 3 rings (SSSR count). The van der Waals surface area contributed by atoms with E-state index in [4.69, 9.17) is 16.1 Å². The first kappa shape index (κ1) is 11.0. The molecule has 0 N–H and O–H groups in total. The van der Waals surface area contributed by atoms with E-state index in [-0.39, 0.29) is 0 Å². The number of aromatic nitrogens is 4. The fourth-order valence-corrected chi connectivity index (χ4v) is 1.70. The van der Waals surface area contributed by atoms with Crippen LogP contribution in [0.15, 0.2) is 47.5 Å². The van der Waals surface area contributed by atoms with Crippen LogP contribution in [0.2, 0.25) is 5.02 Å². The predicted octanol–water partition coefficient (Wildman–Crippen LogP) is 2.63. The van der Waals surface area contributed by atoms with E-state index in [1.165, 1.54) is 0 Å². The summed E-state index contributed by atoms with van der Waals surface area (Å²) in [6.07, 6.45) is 5.24. The highest BCUT2D eigenvalue weighted by Crippen LogP contribution is 2.18. The molecule has 0 spiro atoms. The molecular weight excluding hydrogens is 252 g/mol.